The van der Waals surface area contributed by atoms with E-state index in [9.17, 15) is 30.7 Å². The molecule has 0 radical (unpaired) electrons. The highest BCUT2D eigenvalue weighted by Crippen LogP contribution is 2.48. The molecule has 0 spiro atoms. The number of hydrogen-bond acceptors (Lipinski definition) is 2. The van der Waals surface area contributed by atoms with Gasteiger partial charge in [-0.15, -0.1) is 11.6 Å². The second kappa shape index (κ2) is 7.53. The highest BCUT2D eigenvalue weighted by molar-refractivity contribution is 6.17. The SMILES string of the molecule is COC(C)(CCCCCl)C(F)(F)C(F)(F)OC(F)=C(F)F. The van der Waals surface area contributed by atoms with Gasteiger partial charge in [-0.05, 0) is 26.2 Å². The molecule has 0 aliphatic rings. The van der Waals surface area contributed by atoms with Crippen molar-refractivity contribution in [2.24, 2.45) is 0 Å². The topological polar surface area (TPSA) is 18.5 Å². The van der Waals surface area contributed by atoms with Gasteiger partial charge in [0.25, 0.3) is 0 Å². The molecule has 0 aromatic carbocycles. The number of ether oxygens (including phenoxy) is 2. The summed E-state index contributed by atoms with van der Waals surface area (Å²) >= 11 is 5.34. The van der Waals surface area contributed by atoms with Crippen molar-refractivity contribution in [1.82, 2.24) is 0 Å². The van der Waals surface area contributed by atoms with E-state index < -0.39 is 36.1 Å². The minimum absolute atomic E-state index is 0.00923. The minimum Gasteiger partial charge on any atom is -0.398 e. The van der Waals surface area contributed by atoms with Crippen LogP contribution in [0.25, 0.3) is 0 Å². The van der Waals surface area contributed by atoms with Crippen molar-refractivity contribution in [3.8, 4) is 0 Å². The van der Waals surface area contributed by atoms with Gasteiger partial charge in [0, 0.05) is 13.0 Å². The van der Waals surface area contributed by atoms with E-state index in [0.29, 0.717) is 6.92 Å². The fourth-order valence-electron chi connectivity index (χ4n) is 1.47. The molecule has 0 aliphatic heterocycles. The molecule has 10 heteroatoms. The summed E-state index contributed by atoms with van der Waals surface area (Å²) in [5.74, 6) is -4.95. The van der Waals surface area contributed by atoms with Gasteiger partial charge >= 0.3 is 24.1 Å². The third-order valence-corrected chi connectivity index (χ3v) is 3.15. The fourth-order valence-corrected chi connectivity index (χ4v) is 1.66. The molecule has 0 bridgehead atoms. The summed E-state index contributed by atoms with van der Waals surface area (Å²) in [7, 11) is 0.743. The van der Waals surface area contributed by atoms with E-state index in [1.165, 1.54) is 0 Å². The summed E-state index contributed by atoms with van der Waals surface area (Å²) in [4.78, 5) is 0. The number of halogens is 8. The van der Waals surface area contributed by atoms with Crippen LogP contribution in [0.15, 0.2) is 12.1 Å². The molecule has 126 valence electrons. The average molecular weight is 347 g/mol. The second-order valence-electron chi connectivity index (χ2n) is 4.31. The van der Waals surface area contributed by atoms with E-state index >= 15 is 0 Å². The van der Waals surface area contributed by atoms with Crippen LogP contribution >= 0.6 is 11.6 Å². The van der Waals surface area contributed by atoms with Gasteiger partial charge < -0.3 is 9.47 Å². The molecule has 0 saturated heterocycles. The Labute approximate surface area is 121 Å². The van der Waals surface area contributed by atoms with Crippen molar-refractivity contribution in [2.75, 3.05) is 13.0 Å². The van der Waals surface area contributed by atoms with Crippen molar-refractivity contribution in [3.63, 3.8) is 0 Å². The fraction of sp³-hybridized carbons (Fsp3) is 0.818. The maximum Gasteiger partial charge on any atom is 0.469 e. The van der Waals surface area contributed by atoms with Crippen LogP contribution in [0.4, 0.5) is 30.7 Å². The lowest BCUT2D eigenvalue weighted by atomic mass is 9.90. The van der Waals surface area contributed by atoms with Crippen molar-refractivity contribution in [2.45, 2.75) is 43.8 Å². The minimum atomic E-state index is -5.52. The number of unbranched alkanes of at least 4 members (excludes halogenated alkanes) is 1. The van der Waals surface area contributed by atoms with E-state index in [1.807, 2.05) is 0 Å². The Kier molecular flexibility index (Phi) is 7.28. The van der Waals surface area contributed by atoms with Crippen LogP contribution in [0, 0.1) is 0 Å². The van der Waals surface area contributed by atoms with Gasteiger partial charge in [0.15, 0.2) is 0 Å². The molecule has 0 N–H and O–H groups in total. The largest absolute Gasteiger partial charge is 0.469 e. The molecule has 0 amide bonds. The highest BCUT2D eigenvalue weighted by atomic mass is 35.5. The van der Waals surface area contributed by atoms with Gasteiger partial charge in [-0.2, -0.15) is 30.7 Å². The molecular weight excluding hydrogens is 333 g/mol. The first-order valence-electron chi connectivity index (χ1n) is 5.71. The van der Waals surface area contributed by atoms with Gasteiger partial charge in [0.1, 0.15) is 5.60 Å². The van der Waals surface area contributed by atoms with E-state index in [4.69, 9.17) is 11.6 Å². The van der Waals surface area contributed by atoms with Crippen LogP contribution in [0.2, 0.25) is 0 Å². The van der Waals surface area contributed by atoms with Crippen LogP contribution in [-0.2, 0) is 9.47 Å². The predicted molar refractivity (Wildman–Crippen MR) is 61.3 cm³/mol. The number of rotatable bonds is 9. The first-order chi connectivity index (χ1) is 9.45. The van der Waals surface area contributed by atoms with Crippen molar-refractivity contribution in [1.29, 1.82) is 0 Å². The molecule has 0 aromatic heterocycles. The van der Waals surface area contributed by atoms with E-state index in [2.05, 4.69) is 9.47 Å². The molecule has 0 rings (SSSR count). The van der Waals surface area contributed by atoms with Crippen molar-refractivity contribution < 1.29 is 40.2 Å². The first-order valence-corrected chi connectivity index (χ1v) is 6.25. The van der Waals surface area contributed by atoms with Crippen LogP contribution in [-0.4, -0.2) is 30.6 Å². The third kappa shape index (κ3) is 4.64. The van der Waals surface area contributed by atoms with Crippen LogP contribution < -0.4 is 0 Å². The Bertz CT molecular complexity index is 372. The monoisotopic (exact) mass is 346 g/mol. The highest BCUT2D eigenvalue weighted by Gasteiger charge is 2.70. The lowest BCUT2D eigenvalue weighted by molar-refractivity contribution is -0.384. The number of alkyl halides is 5. The molecule has 0 saturated carbocycles. The molecule has 0 heterocycles. The van der Waals surface area contributed by atoms with Gasteiger partial charge in [-0.1, -0.05) is 0 Å². The molecular formula is C11H14ClF7O2. The van der Waals surface area contributed by atoms with E-state index in [-0.39, 0.29) is 18.7 Å². The lowest BCUT2D eigenvalue weighted by Gasteiger charge is -2.39. The molecule has 2 nitrogen and oxygen atoms in total. The Hall–Kier alpha value is -0.700. The Balaban J connectivity index is 5.32. The van der Waals surface area contributed by atoms with E-state index in [1.54, 1.807) is 0 Å². The zero-order valence-electron chi connectivity index (χ0n) is 11.2. The van der Waals surface area contributed by atoms with Crippen LogP contribution in [0.5, 0.6) is 0 Å². The smallest absolute Gasteiger partial charge is 0.398 e. The molecule has 0 aromatic rings. The zero-order valence-corrected chi connectivity index (χ0v) is 11.9. The normalized spacial score (nSPS) is 15.5. The standard InChI is InChI=1S/C11H14ClF7O2/c1-9(20-2,5-3-4-6-12)10(16,17)11(18,19)21-8(15)7(13)14/h3-6H2,1-2H3. The lowest BCUT2D eigenvalue weighted by Crippen LogP contribution is -2.59. The summed E-state index contributed by atoms with van der Waals surface area (Å²) in [6, 6.07) is -3.07. The van der Waals surface area contributed by atoms with Gasteiger partial charge in [0.05, 0.1) is 0 Å². The molecule has 0 fully saturated rings. The molecule has 21 heavy (non-hydrogen) atoms. The summed E-state index contributed by atoms with van der Waals surface area (Å²) in [6.45, 7) is 0.645. The molecule has 0 aliphatic carbocycles. The quantitative estimate of drug-likeness (QED) is 0.251. The van der Waals surface area contributed by atoms with Crippen LogP contribution in [0.3, 0.4) is 0 Å². The van der Waals surface area contributed by atoms with Gasteiger partial charge in [0.2, 0.25) is 0 Å². The van der Waals surface area contributed by atoms with Crippen LogP contribution in [0.1, 0.15) is 26.2 Å². The number of methoxy groups -OCH3 is 1. The third-order valence-electron chi connectivity index (χ3n) is 2.88. The zero-order chi connectivity index (χ0) is 16.9. The summed E-state index contributed by atoms with van der Waals surface area (Å²) < 4.78 is 97.3. The van der Waals surface area contributed by atoms with Gasteiger partial charge in [-0.3, -0.25) is 0 Å². The Morgan fingerprint density at radius 3 is 1.95 bits per heavy atom. The van der Waals surface area contributed by atoms with Crippen molar-refractivity contribution in [3.05, 3.63) is 12.1 Å². The van der Waals surface area contributed by atoms with Gasteiger partial charge in [-0.25, -0.2) is 0 Å². The molecule has 1 atom stereocenters. The Morgan fingerprint density at radius 2 is 1.57 bits per heavy atom. The average Bonchev–Trinajstić information content (AvgIpc) is 2.37. The predicted octanol–water partition coefficient (Wildman–Crippen LogP) is 5.08. The van der Waals surface area contributed by atoms with Crippen molar-refractivity contribution >= 4 is 11.6 Å². The molecule has 1 unspecified atom stereocenters. The Morgan fingerprint density at radius 1 is 1.05 bits per heavy atom. The maximum absolute atomic E-state index is 13.8. The van der Waals surface area contributed by atoms with E-state index in [0.717, 1.165) is 7.11 Å². The first kappa shape index (κ1) is 20.3. The second-order valence-corrected chi connectivity index (χ2v) is 4.69. The summed E-state index contributed by atoms with van der Waals surface area (Å²) in [5.41, 5.74) is -2.75. The maximum atomic E-state index is 13.8. The summed E-state index contributed by atoms with van der Waals surface area (Å²) in [5, 5.41) is 0. The summed E-state index contributed by atoms with van der Waals surface area (Å²) in [6.07, 6.45) is -9.10. The number of hydrogen-bond donors (Lipinski definition) is 0.